The first-order valence-electron chi connectivity index (χ1n) is 7.88. The predicted octanol–water partition coefficient (Wildman–Crippen LogP) is 2.05. The van der Waals surface area contributed by atoms with Crippen molar-refractivity contribution in [1.82, 2.24) is 5.32 Å². The number of esters is 1. The van der Waals surface area contributed by atoms with E-state index < -0.39 is 6.10 Å². The van der Waals surface area contributed by atoms with Crippen molar-refractivity contribution in [1.29, 1.82) is 0 Å². The fourth-order valence-electron chi connectivity index (χ4n) is 2.43. The van der Waals surface area contributed by atoms with Crippen molar-refractivity contribution in [2.24, 2.45) is 0 Å². The second-order valence-electron chi connectivity index (χ2n) is 5.82. The maximum absolute atomic E-state index is 10.9. The van der Waals surface area contributed by atoms with Crippen molar-refractivity contribution in [2.45, 2.75) is 32.4 Å². The third kappa shape index (κ3) is 8.64. The molecule has 0 radical (unpaired) electrons. The standard InChI is InChI=1S/C19H22ClNO3.Na.H2O.H/c1-13(10-15-6-8-18(9-7-15)24-14(2)22)21-12-19(23)16-4-3-5-17(20)11-16;;;/h3-9,11,13,19,21,23H,10,12H2,1-2H3;;1H2;. The fraction of sp³-hybridized carbons (Fsp3) is 0.316. The molecule has 2 aromatic rings. The Morgan fingerprint density at radius 2 is 1.88 bits per heavy atom. The van der Waals surface area contributed by atoms with E-state index in [0.717, 1.165) is 17.5 Å². The van der Waals surface area contributed by atoms with E-state index in [4.69, 9.17) is 16.3 Å². The van der Waals surface area contributed by atoms with Gasteiger partial charge in [0.05, 0.1) is 6.10 Å². The van der Waals surface area contributed by atoms with Crippen LogP contribution in [0.25, 0.3) is 0 Å². The quantitative estimate of drug-likeness (QED) is 0.431. The molecular formula is C19H25ClNNaO4. The van der Waals surface area contributed by atoms with Crippen LogP contribution < -0.4 is 10.1 Å². The molecule has 4 N–H and O–H groups in total. The number of carbonyl (C=O) groups is 1. The number of benzene rings is 2. The van der Waals surface area contributed by atoms with Crippen LogP contribution in [-0.4, -0.2) is 58.7 Å². The van der Waals surface area contributed by atoms with Gasteiger partial charge >= 0.3 is 35.5 Å². The molecule has 0 fully saturated rings. The summed E-state index contributed by atoms with van der Waals surface area (Å²) in [5.74, 6) is 0.219. The summed E-state index contributed by atoms with van der Waals surface area (Å²) in [5.41, 5.74) is 1.93. The van der Waals surface area contributed by atoms with Crippen LogP contribution in [0.15, 0.2) is 48.5 Å². The van der Waals surface area contributed by atoms with E-state index in [-0.39, 0.29) is 47.0 Å². The van der Waals surface area contributed by atoms with E-state index in [1.807, 2.05) is 24.3 Å². The van der Waals surface area contributed by atoms with Gasteiger partial charge in [0.2, 0.25) is 0 Å². The van der Waals surface area contributed by atoms with Crippen molar-refractivity contribution in [2.75, 3.05) is 6.54 Å². The van der Waals surface area contributed by atoms with Crippen LogP contribution in [-0.2, 0) is 11.2 Å². The summed E-state index contributed by atoms with van der Waals surface area (Å²) in [4.78, 5) is 10.9. The Bertz CT molecular complexity index is 681. The summed E-state index contributed by atoms with van der Waals surface area (Å²) in [5, 5.41) is 14.1. The molecule has 138 valence electrons. The zero-order valence-electron chi connectivity index (χ0n) is 14.3. The molecule has 2 rings (SSSR count). The molecule has 0 bridgehead atoms. The molecule has 5 nitrogen and oxygen atoms in total. The minimum atomic E-state index is -0.600. The Hall–Kier alpha value is -0.920. The first kappa shape index (κ1) is 25.1. The summed E-state index contributed by atoms with van der Waals surface area (Å²) < 4.78 is 5.01. The Morgan fingerprint density at radius 3 is 2.46 bits per heavy atom. The Morgan fingerprint density at radius 1 is 1.23 bits per heavy atom. The monoisotopic (exact) mass is 389 g/mol. The SMILES string of the molecule is CC(=O)Oc1ccc(CC(C)NCC(O)c2cccc(Cl)c2)cc1.O.[NaH]. The van der Waals surface area contributed by atoms with Gasteiger partial charge in [0, 0.05) is 24.5 Å². The molecule has 0 aliphatic carbocycles. The van der Waals surface area contributed by atoms with Crippen LogP contribution >= 0.6 is 11.6 Å². The third-order valence-electron chi connectivity index (χ3n) is 3.62. The van der Waals surface area contributed by atoms with Gasteiger partial charge in [-0.05, 0) is 48.7 Å². The molecule has 2 aromatic carbocycles. The van der Waals surface area contributed by atoms with E-state index in [2.05, 4.69) is 12.2 Å². The van der Waals surface area contributed by atoms with Gasteiger partial charge in [0.1, 0.15) is 5.75 Å². The molecule has 2 unspecified atom stereocenters. The van der Waals surface area contributed by atoms with Crippen molar-refractivity contribution < 1.29 is 20.1 Å². The normalized spacial score (nSPS) is 12.3. The molecule has 0 saturated carbocycles. The average molecular weight is 390 g/mol. The molecule has 0 amide bonds. The Labute approximate surface area is 181 Å². The average Bonchev–Trinajstić information content (AvgIpc) is 2.54. The van der Waals surface area contributed by atoms with Crippen molar-refractivity contribution in [3.8, 4) is 5.75 Å². The molecule has 0 aliphatic rings. The van der Waals surface area contributed by atoms with Gasteiger partial charge in [-0.2, -0.15) is 0 Å². The molecule has 0 heterocycles. The van der Waals surface area contributed by atoms with Crippen LogP contribution in [0.4, 0.5) is 0 Å². The molecule has 2 atom stereocenters. The van der Waals surface area contributed by atoms with Crippen molar-refractivity contribution in [3.05, 3.63) is 64.7 Å². The van der Waals surface area contributed by atoms with Gasteiger partial charge in [0.15, 0.2) is 0 Å². The van der Waals surface area contributed by atoms with E-state index in [0.29, 0.717) is 17.3 Å². The van der Waals surface area contributed by atoms with Gasteiger partial charge in [-0.1, -0.05) is 35.9 Å². The summed E-state index contributed by atoms with van der Waals surface area (Å²) in [6.07, 6.45) is 0.209. The number of aliphatic hydroxyl groups excluding tert-OH is 1. The molecule has 26 heavy (non-hydrogen) atoms. The molecule has 0 aromatic heterocycles. The minimum absolute atomic E-state index is 0. The predicted molar refractivity (Wildman–Crippen MR) is 106 cm³/mol. The van der Waals surface area contributed by atoms with Gasteiger partial charge in [-0.25, -0.2) is 0 Å². The van der Waals surface area contributed by atoms with Crippen LogP contribution in [0.2, 0.25) is 5.02 Å². The number of hydrogen-bond acceptors (Lipinski definition) is 4. The van der Waals surface area contributed by atoms with Crippen molar-refractivity contribution >= 4 is 47.1 Å². The zero-order valence-corrected chi connectivity index (χ0v) is 15.1. The fourth-order valence-corrected chi connectivity index (χ4v) is 2.63. The summed E-state index contributed by atoms with van der Waals surface area (Å²) in [7, 11) is 0. The number of halogens is 1. The molecule has 0 spiro atoms. The van der Waals surface area contributed by atoms with Crippen LogP contribution in [0, 0.1) is 0 Å². The van der Waals surface area contributed by atoms with E-state index in [1.54, 1.807) is 24.3 Å². The molecule has 7 heteroatoms. The Kier molecular flexibility index (Phi) is 12.0. The summed E-state index contributed by atoms with van der Waals surface area (Å²) in [6.45, 7) is 3.89. The number of carbonyl (C=O) groups excluding carboxylic acids is 1. The van der Waals surface area contributed by atoms with Crippen molar-refractivity contribution in [3.63, 3.8) is 0 Å². The first-order valence-corrected chi connectivity index (χ1v) is 8.26. The number of ether oxygens (including phenoxy) is 1. The Balaban J connectivity index is 0.00000312. The molecular weight excluding hydrogens is 365 g/mol. The van der Waals surface area contributed by atoms with Crippen LogP contribution in [0.3, 0.4) is 0 Å². The van der Waals surface area contributed by atoms with Gasteiger partial charge in [-0.3, -0.25) is 4.79 Å². The number of rotatable bonds is 7. The van der Waals surface area contributed by atoms with E-state index in [9.17, 15) is 9.90 Å². The number of aliphatic hydroxyl groups is 1. The number of nitrogens with one attached hydrogen (secondary N) is 1. The molecule has 0 saturated heterocycles. The number of hydrogen-bond donors (Lipinski definition) is 2. The van der Waals surface area contributed by atoms with Crippen LogP contribution in [0.1, 0.15) is 31.1 Å². The first-order chi connectivity index (χ1) is 11.4. The molecule has 0 aliphatic heterocycles. The van der Waals surface area contributed by atoms with Gasteiger partial charge < -0.3 is 20.6 Å². The van der Waals surface area contributed by atoms with Gasteiger partial charge in [-0.15, -0.1) is 0 Å². The zero-order chi connectivity index (χ0) is 17.5. The summed E-state index contributed by atoms with van der Waals surface area (Å²) in [6, 6.07) is 14.9. The van der Waals surface area contributed by atoms with Crippen LogP contribution in [0.5, 0.6) is 5.75 Å². The maximum atomic E-state index is 10.9. The summed E-state index contributed by atoms with van der Waals surface area (Å²) >= 11 is 5.94. The topological polar surface area (TPSA) is 90.1 Å². The van der Waals surface area contributed by atoms with Gasteiger partial charge in [0.25, 0.3) is 0 Å². The van der Waals surface area contributed by atoms with E-state index >= 15 is 0 Å². The van der Waals surface area contributed by atoms with E-state index in [1.165, 1.54) is 6.92 Å². The second-order valence-corrected chi connectivity index (χ2v) is 6.26. The third-order valence-corrected chi connectivity index (χ3v) is 3.86. The second kappa shape index (κ2) is 12.5.